The second-order valence-corrected chi connectivity index (χ2v) is 13.3. The van der Waals surface area contributed by atoms with E-state index in [0.717, 1.165) is 66.5 Å². The van der Waals surface area contributed by atoms with Gasteiger partial charge < -0.3 is 10.1 Å². The molecule has 3 aliphatic rings. The van der Waals surface area contributed by atoms with E-state index in [1.165, 1.54) is 5.56 Å². The van der Waals surface area contributed by atoms with Crippen molar-refractivity contribution in [2.75, 3.05) is 12.4 Å². The van der Waals surface area contributed by atoms with Gasteiger partial charge in [0.25, 0.3) is 10.1 Å². The Balaban J connectivity index is 1.22. The van der Waals surface area contributed by atoms with Crippen molar-refractivity contribution in [3.63, 3.8) is 0 Å². The first-order valence-electron chi connectivity index (χ1n) is 13.9. The van der Waals surface area contributed by atoms with E-state index in [-0.39, 0.29) is 23.3 Å². The Kier molecular flexibility index (Phi) is 7.21. The number of halogens is 1. The predicted octanol–water partition coefficient (Wildman–Crippen LogP) is 6.51. The van der Waals surface area contributed by atoms with Crippen molar-refractivity contribution in [3.05, 3.63) is 82.6 Å². The van der Waals surface area contributed by atoms with Crippen LogP contribution < -0.4 is 10.1 Å². The summed E-state index contributed by atoms with van der Waals surface area (Å²) in [5.74, 6) is 0.936. The van der Waals surface area contributed by atoms with E-state index in [9.17, 15) is 8.42 Å². The lowest BCUT2D eigenvalue weighted by Gasteiger charge is -2.23. The van der Waals surface area contributed by atoms with Crippen LogP contribution in [0.15, 0.2) is 60.9 Å². The minimum atomic E-state index is -3.58. The number of para-hydroxylation sites is 1. The van der Waals surface area contributed by atoms with E-state index in [1.54, 1.807) is 0 Å². The molecule has 6 rings (SSSR count). The average Bonchev–Trinajstić information content (AvgIpc) is 3.80. The van der Waals surface area contributed by atoms with Crippen LogP contribution in [0, 0.1) is 0 Å². The third-order valence-corrected chi connectivity index (χ3v) is 9.93. The van der Waals surface area contributed by atoms with Gasteiger partial charge in [0, 0.05) is 40.5 Å². The lowest BCUT2D eigenvalue weighted by molar-refractivity contribution is 0.304. The molecule has 0 amide bonds. The zero-order valence-corrected chi connectivity index (χ0v) is 23.9. The molecule has 1 heterocycles. The number of pyridine rings is 1. The van der Waals surface area contributed by atoms with Gasteiger partial charge in [0.1, 0.15) is 5.75 Å². The molecule has 0 aliphatic heterocycles. The summed E-state index contributed by atoms with van der Waals surface area (Å²) in [5, 5.41) is 4.47. The topological polar surface area (TPSA) is 77.5 Å². The molecule has 1 N–H and O–H groups in total. The molecule has 3 saturated carbocycles. The number of hydrogen-bond acceptors (Lipinski definition) is 6. The Morgan fingerprint density at radius 1 is 1.05 bits per heavy atom. The molecular weight excluding hydrogens is 532 g/mol. The van der Waals surface area contributed by atoms with Gasteiger partial charge in [-0.1, -0.05) is 48.9 Å². The number of aromatic nitrogens is 1. The molecule has 0 bridgehead atoms. The van der Waals surface area contributed by atoms with Crippen LogP contribution in [-0.2, 0) is 31.8 Å². The van der Waals surface area contributed by atoms with Crippen molar-refractivity contribution in [3.8, 4) is 16.9 Å². The summed E-state index contributed by atoms with van der Waals surface area (Å²) in [6.45, 7) is 2.71. The fourth-order valence-electron chi connectivity index (χ4n) is 5.40. The molecule has 3 aliphatic carbocycles. The van der Waals surface area contributed by atoms with Gasteiger partial charge in [-0.25, -0.2) is 0 Å². The van der Waals surface area contributed by atoms with Gasteiger partial charge in [-0.05, 0) is 85.4 Å². The first-order valence-corrected chi connectivity index (χ1v) is 15.9. The van der Waals surface area contributed by atoms with Gasteiger partial charge in [0.2, 0.25) is 0 Å². The maximum atomic E-state index is 12.6. The summed E-state index contributed by atoms with van der Waals surface area (Å²) >= 11 is 6.65. The van der Waals surface area contributed by atoms with Crippen LogP contribution in [-0.4, -0.2) is 31.9 Å². The van der Waals surface area contributed by atoms with E-state index in [1.807, 2.05) is 37.5 Å². The third-order valence-electron chi connectivity index (χ3n) is 8.13. The first kappa shape index (κ1) is 26.8. The summed E-state index contributed by atoms with van der Waals surface area (Å²) < 4.78 is 36.5. The Hall–Kier alpha value is -2.45. The third kappa shape index (κ3) is 5.87. The molecular formula is C31H35ClN2O4S. The van der Waals surface area contributed by atoms with Crippen molar-refractivity contribution in [1.82, 2.24) is 10.3 Å². The molecule has 0 radical (unpaired) electrons. The highest BCUT2D eigenvalue weighted by molar-refractivity contribution is 7.86. The molecule has 6 nitrogen and oxygen atoms in total. The van der Waals surface area contributed by atoms with Gasteiger partial charge in [-0.2, -0.15) is 8.42 Å². The lowest BCUT2D eigenvalue weighted by atomic mass is 9.93. The molecule has 0 atom stereocenters. The minimum Gasteiger partial charge on any atom is -0.490 e. The Morgan fingerprint density at radius 2 is 1.85 bits per heavy atom. The standard InChI is InChI=1S/C31H35ClN2O4S/c1-2-17-37-39(35,36)21-30(12-13-30)23-7-10-28(32)22(18-23)19-34-31(14-15-31)27-20-33-16-11-25(27)26-5-3-4-6-29(26)38-24-8-9-24/h3-7,10-11,16,18,20,24,34H,2,8-9,12-15,17,19,21H2,1H3. The quantitative estimate of drug-likeness (QED) is 0.238. The SMILES string of the molecule is CCCOS(=O)(=O)CC1(c2ccc(Cl)c(CNC3(c4cnccc4-c4ccccc4OC4CC4)CC3)c2)CC1. The van der Waals surface area contributed by atoms with Crippen molar-refractivity contribution in [2.45, 2.75) is 75.5 Å². The Labute approximate surface area is 236 Å². The maximum Gasteiger partial charge on any atom is 0.268 e. The predicted molar refractivity (Wildman–Crippen MR) is 153 cm³/mol. The van der Waals surface area contributed by atoms with E-state index < -0.39 is 10.1 Å². The summed E-state index contributed by atoms with van der Waals surface area (Å²) in [5.41, 5.74) is 4.82. The maximum absolute atomic E-state index is 12.6. The van der Waals surface area contributed by atoms with Gasteiger partial charge >= 0.3 is 0 Å². The smallest absolute Gasteiger partial charge is 0.268 e. The number of rotatable bonds is 13. The number of nitrogens with one attached hydrogen (secondary N) is 1. The van der Waals surface area contributed by atoms with Crippen molar-refractivity contribution in [2.24, 2.45) is 0 Å². The molecule has 0 unspecified atom stereocenters. The number of ether oxygens (including phenoxy) is 1. The minimum absolute atomic E-state index is 0.0137. The van der Waals surface area contributed by atoms with Crippen molar-refractivity contribution >= 4 is 21.7 Å². The molecule has 8 heteroatoms. The lowest BCUT2D eigenvalue weighted by Crippen LogP contribution is -2.29. The summed E-state index contributed by atoms with van der Waals surface area (Å²) in [6, 6.07) is 16.3. The summed E-state index contributed by atoms with van der Waals surface area (Å²) in [7, 11) is -3.58. The molecule has 3 fully saturated rings. The van der Waals surface area contributed by atoms with Crippen LogP contribution in [0.3, 0.4) is 0 Å². The second-order valence-electron chi connectivity index (χ2n) is 11.3. The molecule has 2 aromatic carbocycles. The zero-order valence-electron chi connectivity index (χ0n) is 22.3. The zero-order chi connectivity index (χ0) is 27.1. The second kappa shape index (κ2) is 10.5. The van der Waals surface area contributed by atoms with E-state index in [0.29, 0.717) is 24.1 Å². The normalized spacial score (nSPS) is 19.0. The Morgan fingerprint density at radius 3 is 2.56 bits per heavy atom. The number of nitrogens with zero attached hydrogens (tertiary/aromatic N) is 1. The van der Waals surface area contributed by atoms with Crippen LogP contribution >= 0.6 is 11.6 Å². The Bertz CT molecular complexity index is 1460. The highest BCUT2D eigenvalue weighted by Crippen LogP contribution is 2.52. The fourth-order valence-corrected chi connectivity index (χ4v) is 7.22. The van der Waals surface area contributed by atoms with Gasteiger partial charge in [-0.15, -0.1) is 0 Å². The van der Waals surface area contributed by atoms with Crippen LogP contribution in [0.1, 0.15) is 68.6 Å². The van der Waals surface area contributed by atoms with E-state index in [4.69, 9.17) is 20.5 Å². The molecule has 206 valence electrons. The summed E-state index contributed by atoms with van der Waals surface area (Å²) in [6.07, 6.45) is 10.7. The summed E-state index contributed by atoms with van der Waals surface area (Å²) in [4.78, 5) is 4.49. The largest absolute Gasteiger partial charge is 0.490 e. The first-order chi connectivity index (χ1) is 18.8. The molecule has 1 aromatic heterocycles. The average molecular weight is 567 g/mol. The molecule has 3 aromatic rings. The fraction of sp³-hybridized carbons (Fsp3) is 0.452. The van der Waals surface area contributed by atoms with Crippen molar-refractivity contribution < 1.29 is 17.3 Å². The van der Waals surface area contributed by atoms with Crippen LogP contribution in [0.4, 0.5) is 0 Å². The van der Waals surface area contributed by atoms with Crippen LogP contribution in [0.25, 0.3) is 11.1 Å². The van der Waals surface area contributed by atoms with Gasteiger partial charge in [0.15, 0.2) is 0 Å². The molecule has 0 saturated heterocycles. The highest BCUT2D eigenvalue weighted by atomic mass is 35.5. The van der Waals surface area contributed by atoms with Crippen molar-refractivity contribution in [1.29, 1.82) is 0 Å². The van der Waals surface area contributed by atoms with E-state index in [2.05, 4.69) is 40.6 Å². The molecule has 39 heavy (non-hydrogen) atoms. The van der Waals surface area contributed by atoms with E-state index >= 15 is 0 Å². The monoisotopic (exact) mass is 566 g/mol. The highest BCUT2D eigenvalue weighted by Gasteiger charge is 2.49. The molecule has 0 spiro atoms. The number of benzene rings is 2. The van der Waals surface area contributed by atoms with Gasteiger partial charge in [-0.3, -0.25) is 9.17 Å². The van der Waals surface area contributed by atoms with Gasteiger partial charge in [0.05, 0.1) is 18.5 Å². The van der Waals surface area contributed by atoms with Crippen LogP contribution in [0.2, 0.25) is 5.02 Å². The van der Waals surface area contributed by atoms with Crippen LogP contribution in [0.5, 0.6) is 5.75 Å². The number of hydrogen-bond donors (Lipinski definition) is 1.